The maximum Gasteiger partial charge on any atom is -0.00231 e. The van der Waals surface area contributed by atoms with Crippen LogP contribution in [0.1, 0.15) is 34.1 Å². The predicted molar refractivity (Wildman–Crippen MR) is 53.9 cm³/mol. The first-order valence-electron chi connectivity index (χ1n) is 4.45. The van der Waals surface area contributed by atoms with Crippen molar-refractivity contribution in [1.82, 2.24) is 5.32 Å². The van der Waals surface area contributed by atoms with Crippen LogP contribution in [0.5, 0.6) is 0 Å². The van der Waals surface area contributed by atoms with Crippen LogP contribution in [-0.2, 0) is 0 Å². The van der Waals surface area contributed by atoms with Crippen LogP contribution in [-0.4, -0.2) is 13.6 Å². The number of rotatable bonds is 4. The zero-order valence-corrected chi connectivity index (χ0v) is 8.70. The Hall–Kier alpha value is -0.300. The lowest BCUT2D eigenvalue weighted by Gasteiger charge is -2.08. The highest BCUT2D eigenvalue weighted by atomic mass is 14.8. The summed E-state index contributed by atoms with van der Waals surface area (Å²) in [5, 5.41) is 3.13. The average Bonchev–Trinajstić information content (AvgIpc) is 1.91. The maximum absolute atomic E-state index is 3.85. The molecule has 0 aliphatic carbocycles. The van der Waals surface area contributed by atoms with Gasteiger partial charge >= 0.3 is 0 Å². The second kappa shape index (κ2) is 9.70. The first-order chi connectivity index (χ1) is 5.16. The Morgan fingerprint density at radius 2 is 1.91 bits per heavy atom. The lowest BCUT2D eigenvalue weighted by Crippen LogP contribution is -2.16. The van der Waals surface area contributed by atoms with Gasteiger partial charge in [0.05, 0.1) is 0 Å². The fraction of sp³-hybridized carbons (Fsp3) is 0.800. The smallest absolute Gasteiger partial charge is 0.00231 e. The van der Waals surface area contributed by atoms with Gasteiger partial charge in [0.25, 0.3) is 0 Å². The summed E-state index contributed by atoms with van der Waals surface area (Å²) >= 11 is 0. The normalized spacial score (nSPS) is 11.4. The van der Waals surface area contributed by atoms with Gasteiger partial charge in [0, 0.05) is 0 Å². The van der Waals surface area contributed by atoms with Crippen molar-refractivity contribution in [2.75, 3.05) is 13.6 Å². The Balaban J connectivity index is 0. The van der Waals surface area contributed by atoms with Crippen LogP contribution in [0.2, 0.25) is 0 Å². The van der Waals surface area contributed by atoms with Crippen LogP contribution in [0.3, 0.4) is 0 Å². The van der Waals surface area contributed by atoms with Gasteiger partial charge in [-0.15, -0.1) is 6.58 Å². The van der Waals surface area contributed by atoms with Crippen LogP contribution in [0.15, 0.2) is 12.2 Å². The molecule has 0 saturated heterocycles. The van der Waals surface area contributed by atoms with E-state index < -0.39 is 0 Å². The monoisotopic (exact) mass is 157 g/mol. The van der Waals surface area contributed by atoms with E-state index in [1.165, 1.54) is 5.57 Å². The van der Waals surface area contributed by atoms with Crippen molar-refractivity contribution in [3.05, 3.63) is 12.2 Å². The second-order valence-corrected chi connectivity index (χ2v) is 2.82. The largest absolute Gasteiger partial charge is 0.319 e. The van der Waals surface area contributed by atoms with E-state index in [1.54, 1.807) is 0 Å². The Bertz CT molecular complexity index is 86.9. The van der Waals surface area contributed by atoms with Gasteiger partial charge in [-0.1, -0.05) is 26.3 Å². The van der Waals surface area contributed by atoms with Gasteiger partial charge < -0.3 is 5.32 Å². The zero-order chi connectivity index (χ0) is 9.28. The van der Waals surface area contributed by atoms with Gasteiger partial charge in [-0.05, 0) is 32.9 Å². The summed E-state index contributed by atoms with van der Waals surface area (Å²) in [5.41, 5.74) is 1.28. The van der Waals surface area contributed by atoms with Crippen molar-refractivity contribution in [3.8, 4) is 0 Å². The molecule has 0 saturated carbocycles. The molecule has 0 amide bonds. The average molecular weight is 157 g/mol. The molecule has 11 heavy (non-hydrogen) atoms. The lowest BCUT2D eigenvalue weighted by atomic mass is 10.0. The van der Waals surface area contributed by atoms with Gasteiger partial charge in [-0.2, -0.15) is 0 Å². The molecule has 0 aromatic carbocycles. The Kier molecular flexibility index (Phi) is 11.7. The minimum Gasteiger partial charge on any atom is -0.319 e. The molecule has 0 rings (SSSR count). The van der Waals surface area contributed by atoms with E-state index in [2.05, 4.69) is 25.7 Å². The van der Waals surface area contributed by atoms with Crippen molar-refractivity contribution in [1.29, 1.82) is 0 Å². The highest BCUT2D eigenvalue weighted by Crippen LogP contribution is 2.06. The third-order valence-corrected chi connectivity index (χ3v) is 1.25. The van der Waals surface area contributed by atoms with Crippen molar-refractivity contribution < 1.29 is 0 Å². The van der Waals surface area contributed by atoms with E-state index in [4.69, 9.17) is 0 Å². The lowest BCUT2D eigenvalue weighted by molar-refractivity contribution is 0.540. The molecule has 0 aliphatic heterocycles. The molecule has 68 valence electrons. The first kappa shape index (κ1) is 13.3. The third-order valence-electron chi connectivity index (χ3n) is 1.25. The Labute approximate surface area is 71.9 Å². The number of nitrogens with one attached hydrogen (secondary N) is 1. The summed E-state index contributed by atoms with van der Waals surface area (Å²) in [5.74, 6) is 0.729. The van der Waals surface area contributed by atoms with E-state index in [9.17, 15) is 0 Å². The third kappa shape index (κ3) is 12.8. The molecular formula is C10H23N. The molecule has 0 bridgehead atoms. The van der Waals surface area contributed by atoms with E-state index in [-0.39, 0.29) is 0 Å². The highest BCUT2D eigenvalue weighted by molar-refractivity contribution is 4.89. The second-order valence-electron chi connectivity index (χ2n) is 2.82. The number of hydrogen-bond acceptors (Lipinski definition) is 1. The molecule has 1 N–H and O–H groups in total. The molecule has 0 fully saturated rings. The van der Waals surface area contributed by atoms with E-state index in [0.29, 0.717) is 0 Å². The summed E-state index contributed by atoms with van der Waals surface area (Å²) in [4.78, 5) is 0. The highest BCUT2D eigenvalue weighted by Gasteiger charge is 1.98. The topological polar surface area (TPSA) is 12.0 Å². The Morgan fingerprint density at radius 3 is 2.18 bits per heavy atom. The van der Waals surface area contributed by atoms with Crippen LogP contribution >= 0.6 is 0 Å². The van der Waals surface area contributed by atoms with Crippen molar-refractivity contribution in [2.45, 2.75) is 34.1 Å². The molecule has 0 spiro atoms. The van der Waals surface area contributed by atoms with E-state index >= 15 is 0 Å². The molecule has 0 heterocycles. The molecule has 1 atom stereocenters. The van der Waals surface area contributed by atoms with Crippen LogP contribution in [0.4, 0.5) is 0 Å². The Morgan fingerprint density at radius 1 is 1.45 bits per heavy atom. The van der Waals surface area contributed by atoms with Gasteiger partial charge in [-0.3, -0.25) is 0 Å². The molecular weight excluding hydrogens is 134 g/mol. The van der Waals surface area contributed by atoms with Gasteiger partial charge in [0.1, 0.15) is 0 Å². The number of allylic oxidation sites excluding steroid dienone is 1. The summed E-state index contributed by atoms with van der Waals surface area (Å²) in [7, 11) is 1.98. The molecule has 1 heteroatoms. The summed E-state index contributed by atoms with van der Waals surface area (Å²) in [6.45, 7) is 13.2. The predicted octanol–water partition coefficient (Wildman–Crippen LogP) is 2.83. The molecule has 0 aromatic rings. The zero-order valence-electron chi connectivity index (χ0n) is 8.70. The van der Waals surface area contributed by atoms with Crippen LogP contribution < -0.4 is 5.32 Å². The number of hydrogen-bond donors (Lipinski definition) is 1. The molecule has 1 unspecified atom stereocenters. The standard InChI is InChI=1S/C8H17N.C2H6/c1-7(2)5-8(3)6-9-4;1-2/h8-9H,1,5-6H2,2-4H3;1-2H3. The maximum atomic E-state index is 3.85. The van der Waals surface area contributed by atoms with Gasteiger partial charge in [0.15, 0.2) is 0 Å². The first-order valence-corrected chi connectivity index (χ1v) is 4.45. The molecule has 0 aliphatic rings. The van der Waals surface area contributed by atoms with Crippen LogP contribution in [0.25, 0.3) is 0 Å². The fourth-order valence-electron chi connectivity index (χ4n) is 1.02. The minimum atomic E-state index is 0.729. The molecule has 0 radical (unpaired) electrons. The molecule has 1 nitrogen and oxygen atoms in total. The van der Waals surface area contributed by atoms with Gasteiger partial charge in [0.2, 0.25) is 0 Å². The summed E-state index contributed by atoms with van der Waals surface area (Å²) in [6.07, 6.45) is 1.14. The quantitative estimate of drug-likeness (QED) is 0.619. The van der Waals surface area contributed by atoms with Crippen molar-refractivity contribution >= 4 is 0 Å². The van der Waals surface area contributed by atoms with E-state index in [1.807, 2.05) is 20.9 Å². The van der Waals surface area contributed by atoms with Crippen molar-refractivity contribution in [3.63, 3.8) is 0 Å². The van der Waals surface area contributed by atoms with Crippen molar-refractivity contribution in [2.24, 2.45) is 5.92 Å². The van der Waals surface area contributed by atoms with E-state index in [0.717, 1.165) is 18.9 Å². The summed E-state index contributed by atoms with van der Waals surface area (Å²) < 4.78 is 0. The fourth-order valence-corrected chi connectivity index (χ4v) is 1.02. The van der Waals surface area contributed by atoms with Crippen LogP contribution in [0, 0.1) is 5.92 Å². The van der Waals surface area contributed by atoms with Gasteiger partial charge in [-0.25, -0.2) is 0 Å². The minimum absolute atomic E-state index is 0.729. The summed E-state index contributed by atoms with van der Waals surface area (Å²) in [6, 6.07) is 0. The SMILES string of the molecule is C=C(C)CC(C)CNC.CC. The molecule has 0 aromatic heterocycles.